The molecule has 0 spiro atoms. The van der Waals surface area contributed by atoms with E-state index in [1.165, 1.54) is 6.21 Å². The van der Waals surface area contributed by atoms with Gasteiger partial charge in [0.05, 0.1) is 6.21 Å². The number of dihydropyridines is 1. The average molecular weight is 113 g/mol. The van der Waals surface area contributed by atoms with Gasteiger partial charge in [0.2, 0.25) is 0 Å². The molecule has 1 atom stereocenters. The van der Waals surface area contributed by atoms with Gasteiger partial charge >= 0.3 is 0 Å². The molecule has 0 aromatic heterocycles. The fraction of sp³-hybridized carbons (Fsp3) is 0.500. The van der Waals surface area contributed by atoms with Crippen LogP contribution in [-0.4, -0.2) is 12.8 Å². The molecule has 0 aromatic rings. The summed E-state index contributed by atoms with van der Waals surface area (Å²) >= 11 is 0. The lowest BCUT2D eigenvalue weighted by atomic mass is 10.1. The molecule has 0 N–H and O–H groups in total. The Balaban J connectivity index is 2.63. The Bertz CT molecular complexity index is 137. The van der Waals surface area contributed by atoms with E-state index in [0.717, 1.165) is 6.54 Å². The Labute approximate surface area is 47.9 Å². The van der Waals surface area contributed by atoms with Crippen LogP contribution in [0.5, 0.6) is 0 Å². The van der Waals surface area contributed by atoms with Crippen molar-refractivity contribution in [2.24, 2.45) is 10.9 Å². The van der Waals surface area contributed by atoms with Crippen molar-refractivity contribution in [3.63, 3.8) is 0 Å². The van der Waals surface area contributed by atoms with Crippen molar-refractivity contribution in [3.05, 3.63) is 11.9 Å². The van der Waals surface area contributed by atoms with E-state index in [0.29, 0.717) is 0 Å². The van der Waals surface area contributed by atoms with Crippen molar-refractivity contribution < 1.29 is 4.39 Å². The summed E-state index contributed by atoms with van der Waals surface area (Å²) in [5.74, 6) is 0.0729. The predicted molar refractivity (Wildman–Crippen MR) is 31.7 cm³/mol. The third-order valence-corrected chi connectivity index (χ3v) is 1.05. The molecule has 0 saturated heterocycles. The fourth-order valence-electron chi connectivity index (χ4n) is 0.674. The predicted octanol–water partition coefficient (Wildman–Crippen LogP) is 1.56. The summed E-state index contributed by atoms with van der Waals surface area (Å²) in [5, 5.41) is 0. The van der Waals surface area contributed by atoms with Gasteiger partial charge in [-0.05, 0) is 12.0 Å². The summed E-state index contributed by atoms with van der Waals surface area (Å²) in [7, 11) is 0. The Kier molecular flexibility index (Phi) is 1.42. The molecule has 0 radical (unpaired) electrons. The highest BCUT2D eigenvalue weighted by molar-refractivity contribution is 5.76. The molecule has 44 valence electrons. The van der Waals surface area contributed by atoms with Gasteiger partial charge < -0.3 is 0 Å². The third kappa shape index (κ3) is 1.15. The summed E-state index contributed by atoms with van der Waals surface area (Å²) in [6.45, 7) is 2.67. The topological polar surface area (TPSA) is 12.4 Å². The minimum atomic E-state index is -0.205. The smallest absolute Gasteiger partial charge is 0.137 e. The first-order valence-corrected chi connectivity index (χ1v) is 2.66. The Morgan fingerprint density at radius 2 is 2.62 bits per heavy atom. The SMILES string of the molecule is CC1C=C(F)C=NC1. The first kappa shape index (κ1) is 5.48. The lowest BCUT2D eigenvalue weighted by Crippen LogP contribution is -2.01. The van der Waals surface area contributed by atoms with Gasteiger partial charge in [-0.25, -0.2) is 4.39 Å². The van der Waals surface area contributed by atoms with Crippen LogP contribution in [0.1, 0.15) is 6.92 Å². The van der Waals surface area contributed by atoms with Crippen LogP contribution in [0.4, 0.5) is 4.39 Å². The van der Waals surface area contributed by atoms with Crippen molar-refractivity contribution in [2.75, 3.05) is 6.54 Å². The number of aliphatic imine (C=N–C) groups is 1. The molecule has 0 saturated carbocycles. The molecule has 0 bridgehead atoms. The largest absolute Gasteiger partial charge is 0.290 e. The van der Waals surface area contributed by atoms with Gasteiger partial charge in [-0.1, -0.05) is 6.92 Å². The highest BCUT2D eigenvalue weighted by Crippen LogP contribution is 2.07. The summed E-state index contributed by atoms with van der Waals surface area (Å²) in [6, 6.07) is 0. The summed E-state index contributed by atoms with van der Waals surface area (Å²) in [4.78, 5) is 3.77. The number of allylic oxidation sites excluding steroid dienone is 1. The fourth-order valence-corrected chi connectivity index (χ4v) is 0.674. The molecule has 1 heterocycles. The van der Waals surface area contributed by atoms with Crippen molar-refractivity contribution in [1.82, 2.24) is 0 Å². The van der Waals surface area contributed by atoms with Crippen molar-refractivity contribution in [1.29, 1.82) is 0 Å². The molecule has 1 unspecified atom stereocenters. The first-order valence-electron chi connectivity index (χ1n) is 2.66. The minimum Gasteiger partial charge on any atom is -0.290 e. The number of hydrogen-bond donors (Lipinski definition) is 0. The van der Waals surface area contributed by atoms with Gasteiger partial charge in [0.15, 0.2) is 0 Å². The average Bonchev–Trinajstić information content (AvgIpc) is 1.64. The zero-order chi connectivity index (χ0) is 5.98. The summed E-state index contributed by atoms with van der Waals surface area (Å²) in [5.41, 5.74) is 0. The molecule has 0 aromatic carbocycles. The molecule has 1 nitrogen and oxygen atoms in total. The highest BCUT2D eigenvalue weighted by atomic mass is 19.1. The Morgan fingerprint density at radius 3 is 3.00 bits per heavy atom. The molecular formula is C6H8FN. The van der Waals surface area contributed by atoms with Crippen molar-refractivity contribution in [2.45, 2.75) is 6.92 Å². The number of hydrogen-bond acceptors (Lipinski definition) is 1. The molecule has 2 heteroatoms. The van der Waals surface area contributed by atoms with Crippen LogP contribution in [0.3, 0.4) is 0 Å². The van der Waals surface area contributed by atoms with Crippen LogP contribution in [0, 0.1) is 5.92 Å². The Morgan fingerprint density at radius 1 is 1.88 bits per heavy atom. The summed E-state index contributed by atoms with van der Waals surface area (Å²) < 4.78 is 12.1. The van der Waals surface area contributed by atoms with Gasteiger partial charge in [0.1, 0.15) is 5.83 Å². The standard InChI is InChI=1S/C6H8FN/c1-5-2-6(7)4-8-3-5/h2,4-5H,3H2,1H3. The maximum Gasteiger partial charge on any atom is 0.137 e. The molecule has 1 rings (SSSR count). The second-order valence-electron chi connectivity index (χ2n) is 2.02. The lowest BCUT2D eigenvalue weighted by Gasteiger charge is -2.04. The van der Waals surface area contributed by atoms with E-state index in [1.54, 1.807) is 6.08 Å². The van der Waals surface area contributed by atoms with Crippen LogP contribution in [0.15, 0.2) is 16.9 Å². The lowest BCUT2D eigenvalue weighted by molar-refractivity contribution is 0.632. The van der Waals surface area contributed by atoms with E-state index in [1.807, 2.05) is 6.92 Å². The number of nitrogens with zero attached hydrogens (tertiary/aromatic N) is 1. The monoisotopic (exact) mass is 113 g/mol. The van der Waals surface area contributed by atoms with E-state index in [4.69, 9.17) is 0 Å². The number of halogens is 1. The first-order chi connectivity index (χ1) is 3.79. The van der Waals surface area contributed by atoms with Crippen LogP contribution >= 0.6 is 0 Å². The quantitative estimate of drug-likeness (QED) is 0.452. The summed E-state index contributed by atoms with van der Waals surface area (Å²) in [6.07, 6.45) is 2.84. The van der Waals surface area contributed by atoms with Gasteiger partial charge in [0, 0.05) is 6.54 Å². The van der Waals surface area contributed by atoms with Crippen LogP contribution < -0.4 is 0 Å². The van der Waals surface area contributed by atoms with Crippen molar-refractivity contribution in [3.8, 4) is 0 Å². The zero-order valence-corrected chi connectivity index (χ0v) is 4.76. The molecular weight excluding hydrogens is 105 g/mol. The molecule has 8 heavy (non-hydrogen) atoms. The second-order valence-corrected chi connectivity index (χ2v) is 2.02. The Hall–Kier alpha value is -0.660. The molecule has 1 aliphatic rings. The van der Waals surface area contributed by atoms with Crippen LogP contribution in [0.25, 0.3) is 0 Å². The second kappa shape index (κ2) is 2.07. The van der Waals surface area contributed by atoms with E-state index >= 15 is 0 Å². The van der Waals surface area contributed by atoms with E-state index in [2.05, 4.69) is 4.99 Å². The third-order valence-electron chi connectivity index (χ3n) is 1.05. The molecule has 1 aliphatic heterocycles. The van der Waals surface area contributed by atoms with Gasteiger partial charge in [-0.3, -0.25) is 4.99 Å². The molecule has 0 aliphatic carbocycles. The van der Waals surface area contributed by atoms with Gasteiger partial charge in [0.25, 0.3) is 0 Å². The zero-order valence-electron chi connectivity index (χ0n) is 4.76. The van der Waals surface area contributed by atoms with Gasteiger partial charge in [-0.2, -0.15) is 0 Å². The molecule has 0 fully saturated rings. The van der Waals surface area contributed by atoms with Crippen LogP contribution in [-0.2, 0) is 0 Å². The molecule has 0 amide bonds. The maximum atomic E-state index is 12.1. The maximum absolute atomic E-state index is 12.1. The van der Waals surface area contributed by atoms with E-state index < -0.39 is 0 Å². The highest BCUT2D eigenvalue weighted by Gasteiger charge is 2.02. The van der Waals surface area contributed by atoms with Crippen molar-refractivity contribution >= 4 is 6.21 Å². The minimum absolute atomic E-state index is 0.205. The normalized spacial score (nSPS) is 27.8. The van der Waals surface area contributed by atoms with Crippen LogP contribution in [0.2, 0.25) is 0 Å². The van der Waals surface area contributed by atoms with E-state index in [9.17, 15) is 4.39 Å². The van der Waals surface area contributed by atoms with E-state index in [-0.39, 0.29) is 11.7 Å². The van der Waals surface area contributed by atoms with Gasteiger partial charge in [-0.15, -0.1) is 0 Å². The number of rotatable bonds is 0.